The van der Waals surface area contributed by atoms with Crippen molar-refractivity contribution < 1.29 is 51.3 Å². The number of carbonyl (C=O) groups is 4. The normalized spacial score (nSPS) is 50.2. The van der Waals surface area contributed by atoms with Crippen molar-refractivity contribution in [2.45, 2.75) is 133 Å². The van der Waals surface area contributed by atoms with E-state index >= 15 is 4.39 Å². The second-order valence-corrected chi connectivity index (χ2v) is 17.2. The quantitative estimate of drug-likeness (QED) is 0.278. The minimum atomic E-state index is -5.39. The Kier molecular flexibility index (Phi) is 7.52. The van der Waals surface area contributed by atoms with Gasteiger partial charge in [-0.25, -0.2) is 14.0 Å². The average Bonchev–Trinajstić information content (AvgIpc) is 2.96. The first-order chi connectivity index (χ1) is 21.9. The molecule has 1 amide bonds. The molecule has 4 bridgehead atoms. The number of Topliss-reactive ketones (excluding diaryl/α,β-unsaturated/α-hetero) is 2. The van der Waals surface area contributed by atoms with Gasteiger partial charge in [-0.1, -0.05) is 20.8 Å². The number of carbonyl (C=O) groups excluding carboxylic acids is 4. The lowest BCUT2D eigenvalue weighted by Crippen LogP contribution is -2.75. The van der Waals surface area contributed by atoms with Gasteiger partial charge in [-0.15, -0.1) is 0 Å². The maximum Gasteiger partial charge on any atom is 0.490 e. The Hall–Kier alpha value is -2.24. The fourth-order valence-corrected chi connectivity index (χ4v) is 12.7. The third kappa shape index (κ3) is 4.75. The number of halogens is 4. The summed E-state index contributed by atoms with van der Waals surface area (Å²) in [5.74, 6) is -4.45. The molecule has 12 heteroatoms. The Morgan fingerprint density at radius 1 is 0.957 bits per heavy atom. The van der Waals surface area contributed by atoms with Gasteiger partial charge < -0.3 is 19.9 Å². The maximum atomic E-state index is 18.2. The number of ketones is 2. The first-order valence-corrected chi connectivity index (χ1v) is 17.5. The fraction of sp³-hybridized carbons (Fsp3) is 0.886. The van der Waals surface area contributed by atoms with Crippen molar-refractivity contribution in [3.8, 4) is 0 Å². The number of alkyl halides is 4. The van der Waals surface area contributed by atoms with Crippen molar-refractivity contribution in [2.24, 2.45) is 52.3 Å². The fourth-order valence-electron chi connectivity index (χ4n) is 12.7. The summed E-state index contributed by atoms with van der Waals surface area (Å²) in [7, 11) is 0. The Balaban J connectivity index is 1.21. The Morgan fingerprint density at radius 2 is 1.57 bits per heavy atom. The summed E-state index contributed by atoms with van der Waals surface area (Å²) >= 11 is 0. The molecule has 0 aliphatic heterocycles. The molecule has 8 aliphatic carbocycles. The molecule has 47 heavy (non-hydrogen) atoms. The number of alkyl carbamates (subject to hydrolysis) is 1. The smallest absolute Gasteiger partial charge is 0.452 e. The van der Waals surface area contributed by atoms with Crippen LogP contribution in [0.25, 0.3) is 0 Å². The predicted molar refractivity (Wildman–Crippen MR) is 158 cm³/mol. The zero-order chi connectivity index (χ0) is 33.9. The number of hydrogen-bond donors (Lipinski definition) is 2. The predicted octanol–water partition coefficient (Wildman–Crippen LogP) is 6.02. The average molecular weight is 670 g/mol. The van der Waals surface area contributed by atoms with Gasteiger partial charge in [0.2, 0.25) is 0 Å². The van der Waals surface area contributed by atoms with Crippen LogP contribution in [0.1, 0.15) is 104 Å². The third-order valence-electron chi connectivity index (χ3n) is 14.6. The number of fused-ring (bicyclic) bond motifs is 5. The molecule has 8 saturated carbocycles. The molecule has 2 N–H and O–H groups in total. The van der Waals surface area contributed by atoms with E-state index in [-0.39, 0.29) is 37.9 Å². The summed E-state index contributed by atoms with van der Waals surface area (Å²) in [5.41, 5.74) is -7.70. The van der Waals surface area contributed by atoms with Gasteiger partial charge in [-0.05, 0) is 93.8 Å². The minimum absolute atomic E-state index is 0.0304. The highest BCUT2D eigenvalue weighted by Crippen LogP contribution is 2.70. The lowest BCUT2D eigenvalue weighted by Gasteiger charge is -2.67. The Bertz CT molecular complexity index is 1330. The largest absolute Gasteiger partial charge is 0.490 e. The van der Waals surface area contributed by atoms with Crippen LogP contribution in [0.2, 0.25) is 0 Å². The molecule has 0 radical (unpaired) electrons. The van der Waals surface area contributed by atoms with Crippen molar-refractivity contribution in [3.05, 3.63) is 0 Å². The standard InChI is InChI=1S/C35H47F4NO7/c1-18-8-25-24-5-4-22-12-23(42)6-7-31(22,3)34(24,36)26(46-28(44)35(37,38)39)16-30(25,2)27(43)33(18,17-41)47-29(45)40-32-13-19-9-20(14-32)11-21(10-19)15-32/h18-22,24-26,41H,4-17H2,1-3H3,(H,40,45)/t18-,19?,20?,21?,22?,24?,25?,26-,30-,31-,32?,33+,34-/m0/s1. The van der Waals surface area contributed by atoms with E-state index in [4.69, 9.17) is 9.47 Å². The van der Waals surface area contributed by atoms with Crippen LogP contribution in [0.5, 0.6) is 0 Å². The summed E-state index contributed by atoms with van der Waals surface area (Å²) in [6.07, 6.45) is -1.63. The topological polar surface area (TPSA) is 119 Å². The van der Waals surface area contributed by atoms with Crippen LogP contribution in [0.3, 0.4) is 0 Å². The molecule has 0 heterocycles. The highest BCUT2D eigenvalue weighted by Gasteiger charge is 2.76. The number of nitrogens with one attached hydrogen (secondary N) is 1. The summed E-state index contributed by atoms with van der Waals surface area (Å²) in [5, 5.41) is 13.9. The monoisotopic (exact) mass is 669 g/mol. The molecular weight excluding hydrogens is 622 g/mol. The van der Waals surface area contributed by atoms with E-state index in [1.54, 1.807) is 13.8 Å². The lowest BCUT2D eigenvalue weighted by atomic mass is 9.39. The van der Waals surface area contributed by atoms with Crippen molar-refractivity contribution in [1.29, 1.82) is 0 Å². The van der Waals surface area contributed by atoms with Crippen LogP contribution in [-0.2, 0) is 23.9 Å². The summed E-state index contributed by atoms with van der Waals surface area (Å²) in [6.45, 7) is 4.03. The molecular formula is C35H47F4NO7. The van der Waals surface area contributed by atoms with Gasteiger partial charge in [-0.2, -0.15) is 13.2 Å². The van der Waals surface area contributed by atoms with E-state index in [9.17, 15) is 37.5 Å². The van der Waals surface area contributed by atoms with Gasteiger partial charge in [0.15, 0.2) is 17.1 Å². The molecule has 8 fully saturated rings. The van der Waals surface area contributed by atoms with Crippen LogP contribution >= 0.6 is 0 Å². The van der Waals surface area contributed by atoms with Crippen molar-refractivity contribution >= 4 is 23.6 Å². The van der Waals surface area contributed by atoms with E-state index < -0.39 is 94.5 Å². The Labute approximate surface area is 272 Å². The van der Waals surface area contributed by atoms with Crippen LogP contribution in [-0.4, -0.2) is 64.4 Å². The molecule has 3 unspecified atom stereocenters. The molecule has 262 valence electrons. The van der Waals surface area contributed by atoms with Crippen molar-refractivity contribution in [3.63, 3.8) is 0 Å². The van der Waals surface area contributed by atoms with Crippen LogP contribution < -0.4 is 5.32 Å². The second kappa shape index (κ2) is 10.6. The molecule has 0 aromatic heterocycles. The summed E-state index contributed by atoms with van der Waals surface area (Å²) < 4.78 is 70.0. The first kappa shape index (κ1) is 33.3. The number of aliphatic hydroxyl groups excluding tert-OH is 1. The number of ether oxygens (including phenoxy) is 2. The van der Waals surface area contributed by atoms with Crippen LogP contribution in [0.4, 0.5) is 22.4 Å². The Morgan fingerprint density at radius 3 is 2.15 bits per heavy atom. The molecule has 8 aliphatic rings. The third-order valence-corrected chi connectivity index (χ3v) is 14.6. The van der Waals surface area contributed by atoms with Crippen molar-refractivity contribution in [1.82, 2.24) is 5.32 Å². The zero-order valence-corrected chi connectivity index (χ0v) is 27.4. The number of esters is 1. The molecule has 8 rings (SSSR count). The van der Waals surface area contributed by atoms with E-state index in [2.05, 4.69) is 5.32 Å². The molecule has 0 saturated heterocycles. The van der Waals surface area contributed by atoms with E-state index in [1.807, 2.05) is 0 Å². The van der Waals surface area contributed by atoms with Gasteiger partial charge in [0, 0.05) is 47.5 Å². The van der Waals surface area contributed by atoms with Gasteiger partial charge in [0.1, 0.15) is 11.9 Å². The number of hydrogen-bond acceptors (Lipinski definition) is 7. The summed E-state index contributed by atoms with van der Waals surface area (Å²) in [6, 6.07) is 0. The van der Waals surface area contributed by atoms with Gasteiger partial charge in [0.05, 0.1) is 6.61 Å². The number of rotatable bonds is 4. The van der Waals surface area contributed by atoms with Gasteiger partial charge in [-0.3, -0.25) is 9.59 Å². The van der Waals surface area contributed by atoms with Crippen molar-refractivity contribution in [2.75, 3.05) is 6.61 Å². The second-order valence-electron chi connectivity index (χ2n) is 17.2. The molecule has 0 spiro atoms. The number of aliphatic hydroxyl groups is 1. The SMILES string of the molecule is C[C@H]1CC2C3CCC4CC(=O)CC[C@]4(C)[C@@]3(F)[C@@H](OC(=O)C(F)(F)F)C[C@]2(C)C(=O)[C@]1(CO)OC(=O)NC12CC3CC(CC(C3)C1)C2. The van der Waals surface area contributed by atoms with E-state index in [0.29, 0.717) is 24.2 Å². The summed E-state index contributed by atoms with van der Waals surface area (Å²) in [4.78, 5) is 53.2. The molecule has 8 nitrogen and oxygen atoms in total. The first-order valence-electron chi connectivity index (χ1n) is 17.5. The van der Waals surface area contributed by atoms with E-state index in [0.717, 1.165) is 38.5 Å². The maximum absolute atomic E-state index is 18.2. The van der Waals surface area contributed by atoms with Crippen LogP contribution in [0.15, 0.2) is 0 Å². The van der Waals surface area contributed by atoms with E-state index in [1.165, 1.54) is 6.92 Å². The number of amides is 1. The molecule has 0 aromatic carbocycles. The highest BCUT2D eigenvalue weighted by molar-refractivity contribution is 5.96. The minimum Gasteiger partial charge on any atom is -0.452 e. The lowest BCUT2D eigenvalue weighted by molar-refractivity contribution is -0.272. The van der Waals surface area contributed by atoms with Gasteiger partial charge in [0.25, 0.3) is 0 Å². The molecule has 9 atom stereocenters. The van der Waals surface area contributed by atoms with Gasteiger partial charge >= 0.3 is 18.2 Å². The molecule has 0 aromatic rings. The zero-order valence-electron chi connectivity index (χ0n) is 27.4. The van der Waals surface area contributed by atoms with Crippen LogP contribution in [0, 0.1) is 52.3 Å². The highest BCUT2D eigenvalue weighted by atomic mass is 19.4.